The van der Waals surface area contributed by atoms with E-state index in [0.29, 0.717) is 17.5 Å². The quantitative estimate of drug-likeness (QED) is 0.208. The highest BCUT2D eigenvalue weighted by Gasteiger charge is 2.70. The molecule has 9 heteroatoms. The normalized spacial score (nSPS) is 31.3. The predicted molar refractivity (Wildman–Crippen MR) is 186 cm³/mol. The van der Waals surface area contributed by atoms with Crippen molar-refractivity contribution in [3.63, 3.8) is 0 Å². The van der Waals surface area contributed by atoms with Crippen molar-refractivity contribution in [1.82, 2.24) is 4.98 Å². The van der Waals surface area contributed by atoms with Gasteiger partial charge in [0.15, 0.2) is 0 Å². The van der Waals surface area contributed by atoms with E-state index in [2.05, 4.69) is 25.8 Å². The number of pyridine rings is 1. The highest BCUT2D eigenvalue weighted by atomic mass is 16.6. The number of aromatic nitrogens is 1. The van der Waals surface area contributed by atoms with E-state index in [1.54, 1.807) is 42.7 Å². The van der Waals surface area contributed by atoms with Crippen LogP contribution in [0.5, 0.6) is 5.75 Å². The molecule has 0 radical (unpaired) electrons. The van der Waals surface area contributed by atoms with E-state index in [0.717, 1.165) is 24.0 Å². The number of ether oxygens (including phenoxy) is 3. The molecule has 0 spiro atoms. The number of fused-ring (bicyclic) bond motifs is 4. The van der Waals surface area contributed by atoms with Crippen molar-refractivity contribution < 1.29 is 33.3 Å². The highest BCUT2D eigenvalue weighted by Crippen LogP contribution is 2.68. The van der Waals surface area contributed by atoms with Crippen molar-refractivity contribution in [1.29, 1.82) is 0 Å². The van der Waals surface area contributed by atoms with Crippen LogP contribution in [0.4, 0.5) is 0 Å². The number of aliphatic hydroxyl groups is 1. The average molecular weight is 678 g/mol. The maximum Gasteiger partial charge on any atom is 0.345 e. The van der Waals surface area contributed by atoms with E-state index < -0.39 is 46.2 Å². The molecule has 8 atom stereocenters. The monoisotopic (exact) mass is 677 g/mol. The number of nitrogens with zero attached hydrogens (tertiary/aromatic N) is 1. The number of carbonyl (C=O) groups excluding carboxylic acids is 2. The third kappa shape index (κ3) is 5.52. The minimum atomic E-state index is -1.28. The minimum Gasteiger partial charge on any atom is -0.482 e. The smallest absolute Gasteiger partial charge is 0.345 e. The Bertz CT molecular complexity index is 1960. The van der Waals surface area contributed by atoms with Crippen molar-refractivity contribution >= 4 is 11.9 Å². The maximum atomic E-state index is 14.0. The van der Waals surface area contributed by atoms with E-state index in [1.165, 1.54) is 6.92 Å². The third-order valence-corrected chi connectivity index (χ3v) is 12.2. The lowest BCUT2D eigenvalue weighted by molar-refractivity contribution is -0.257. The molecule has 0 amide bonds. The number of carbonyl (C=O) groups is 2. The van der Waals surface area contributed by atoms with Gasteiger partial charge < -0.3 is 23.7 Å². The fraction of sp³-hybridized carbons (Fsp3) is 0.415. The number of esters is 2. The zero-order chi connectivity index (χ0) is 35.4. The molecule has 4 aromatic rings. The summed E-state index contributed by atoms with van der Waals surface area (Å²) in [6.45, 7) is 9.85. The van der Waals surface area contributed by atoms with Crippen LogP contribution in [-0.2, 0) is 14.3 Å². The topological polar surface area (TPSA) is 125 Å². The first-order chi connectivity index (χ1) is 23.8. The Morgan fingerprint density at radius 1 is 0.980 bits per heavy atom. The van der Waals surface area contributed by atoms with E-state index in [-0.39, 0.29) is 41.5 Å². The molecule has 2 saturated carbocycles. The van der Waals surface area contributed by atoms with Gasteiger partial charge in [0.05, 0.1) is 18.3 Å². The van der Waals surface area contributed by atoms with Crippen LogP contribution < -0.4 is 10.4 Å². The Morgan fingerprint density at radius 3 is 2.36 bits per heavy atom. The van der Waals surface area contributed by atoms with Gasteiger partial charge in [-0.15, -0.1) is 0 Å². The van der Waals surface area contributed by atoms with E-state index >= 15 is 0 Å². The average Bonchev–Trinajstić information content (AvgIpc) is 3.10. The summed E-state index contributed by atoms with van der Waals surface area (Å²) in [4.78, 5) is 43.9. The van der Waals surface area contributed by atoms with Crippen molar-refractivity contribution in [2.75, 3.05) is 6.61 Å². The summed E-state index contributed by atoms with van der Waals surface area (Å²) in [6, 6.07) is 22.3. The second-order valence-electron chi connectivity index (χ2n) is 15.0. The van der Waals surface area contributed by atoms with Gasteiger partial charge in [-0.05, 0) is 78.8 Å². The Hall–Kier alpha value is -4.76. The number of hydrogen-bond donors (Lipinski definition) is 1. The Kier molecular flexibility index (Phi) is 8.45. The Labute approximate surface area is 291 Å². The standard InChI is InChI=1S/C41H43NO8/c1-24-17-18-39(3)32(40(24,4)23-47-25(2)43)21-33(49-37(45)28-15-13-27(14-16-28)26-10-7-6-8-11-26)41(5)36(39)35(44)34-31(50-41)20-30(48-38(34)46)29-12-9-19-42-22-29/h6-16,19-20,22,24,32-33,35-36,44H,17-18,21,23H2,1-5H3/t24-,32?,33-,35-,36?,39-,40?,41+/m0/s1. The van der Waals surface area contributed by atoms with Crippen LogP contribution in [0.15, 0.2) is 94.4 Å². The lowest BCUT2D eigenvalue weighted by Gasteiger charge is -2.66. The van der Waals surface area contributed by atoms with Gasteiger partial charge in [0.2, 0.25) is 0 Å². The van der Waals surface area contributed by atoms with Gasteiger partial charge in [0.1, 0.15) is 28.8 Å². The second kappa shape index (κ2) is 12.5. The summed E-state index contributed by atoms with van der Waals surface area (Å²) in [6.07, 6.45) is 3.04. The van der Waals surface area contributed by atoms with E-state index in [9.17, 15) is 19.5 Å². The maximum absolute atomic E-state index is 14.0. The van der Waals surface area contributed by atoms with Crippen molar-refractivity contribution in [2.24, 2.45) is 28.6 Å². The van der Waals surface area contributed by atoms with Gasteiger partial charge in [-0.2, -0.15) is 0 Å². The molecule has 1 aliphatic heterocycles. The van der Waals surface area contributed by atoms with Crippen molar-refractivity contribution in [3.05, 3.63) is 107 Å². The van der Waals surface area contributed by atoms with Crippen LogP contribution in [0.25, 0.3) is 22.5 Å². The number of rotatable bonds is 6. The first kappa shape index (κ1) is 33.7. The Morgan fingerprint density at radius 2 is 1.68 bits per heavy atom. The fourth-order valence-electron chi connectivity index (χ4n) is 9.32. The lowest BCUT2D eigenvalue weighted by atomic mass is 9.41. The molecule has 2 fully saturated rings. The first-order valence-electron chi connectivity index (χ1n) is 17.3. The number of hydrogen-bond acceptors (Lipinski definition) is 9. The van der Waals surface area contributed by atoms with Gasteiger partial charge in [0, 0.05) is 42.3 Å². The molecular formula is C41H43NO8. The molecule has 9 nitrogen and oxygen atoms in total. The molecule has 3 unspecified atom stereocenters. The minimum absolute atomic E-state index is 0.0453. The van der Waals surface area contributed by atoms with Crippen LogP contribution in [0, 0.1) is 28.6 Å². The lowest BCUT2D eigenvalue weighted by Crippen LogP contribution is -2.70. The molecule has 260 valence electrons. The van der Waals surface area contributed by atoms with E-state index in [4.69, 9.17) is 18.6 Å². The molecule has 0 saturated heterocycles. The molecule has 3 heterocycles. The van der Waals surface area contributed by atoms with Gasteiger partial charge in [0.25, 0.3) is 0 Å². The highest BCUT2D eigenvalue weighted by molar-refractivity contribution is 5.90. The molecule has 1 N–H and O–H groups in total. The summed E-state index contributed by atoms with van der Waals surface area (Å²) in [7, 11) is 0. The SMILES string of the molecule is CC(=O)OCC1(C)C2C[C@H](OC(=O)c3ccc(-c4ccccc4)cc3)[C@@]3(C)Oc4cc(-c5cccnc5)oc(=O)c4[C@H](O)C3[C@@]2(C)CC[C@@H]1C. The van der Waals surface area contributed by atoms with Crippen LogP contribution >= 0.6 is 0 Å². The molecule has 0 bridgehead atoms. The molecule has 7 rings (SSSR count). The summed E-state index contributed by atoms with van der Waals surface area (Å²) < 4.78 is 24.8. The van der Waals surface area contributed by atoms with Crippen molar-refractivity contribution in [3.8, 4) is 28.2 Å². The zero-order valence-electron chi connectivity index (χ0n) is 29.1. The molecule has 2 aromatic heterocycles. The molecule has 3 aliphatic rings. The van der Waals surface area contributed by atoms with Crippen LogP contribution in [0.1, 0.15) is 75.9 Å². The van der Waals surface area contributed by atoms with Gasteiger partial charge in [-0.3, -0.25) is 9.78 Å². The third-order valence-electron chi connectivity index (χ3n) is 12.2. The van der Waals surface area contributed by atoms with Crippen LogP contribution in [0.2, 0.25) is 0 Å². The summed E-state index contributed by atoms with van der Waals surface area (Å²) >= 11 is 0. The number of aliphatic hydroxyl groups excluding tert-OH is 1. The van der Waals surface area contributed by atoms with Crippen LogP contribution in [0.3, 0.4) is 0 Å². The van der Waals surface area contributed by atoms with Crippen molar-refractivity contribution in [2.45, 2.75) is 71.7 Å². The summed E-state index contributed by atoms with van der Waals surface area (Å²) in [5, 5.41) is 12.4. The summed E-state index contributed by atoms with van der Waals surface area (Å²) in [5.41, 5.74) is -0.0276. The molecule has 2 aliphatic carbocycles. The zero-order valence-corrected chi connectivity index (χ0v) is 29.1. The second-order valence-corrected chi connectivity index (χ2v) is 15.0. The van der Waals surface area contributed by atoms with Gasteiger partial charge in [-0.25, -0.2) is 9.59 Å². The molecule has 50 heavy (non-hydrogen) atoms. The molecule has 2 aromatic carbocycles. The predicted octanol–water partition coefficient (Wildman–Crippen LogP) is 7.42. The van der Waals surface area contributed by atoms with Crippen LogP contribution in [-0.4, -0.2) is 40.3 Å². The first-order valence-corrected chi connectivity index (χ1v) is 17.3. The largest absolute Gasteiger partial charge is 0.482 e. The Balaban J connectivity index is 1.31. The molecular weight excluding hydrogens is 634 g/mol. The van der Waals surface area contributed by atoms with E-state index in [1.807, 2.05) is 49.4 Å². The van der Waals surface area contributed by atoms with Gasteiger partial charge >= 0.3 is 17.6 Å². The number of benzene rings is 2. The summed E-state index contributed by atoms with van der Waals surface area (Å²) in [5.74, 6) is -1.13. The van der Waals surface area contributed by atoms with Gasteiger partial charge in [-0.1, -0.05) is 63.2 Å². The fourth-order valence-corrected chi connectivity index (χ4v) is 9.32.